The molecule has 0 saturated heterocycles. The fraction of sp³-hybridized carbons (Fsp3) is 0.850. The highest BCUT2D eigenvalue weighted by Crippen LogP contribution is 2.36. The number of hydrogen-bond acceptors (Lipinski definition) is 6. The van der Waals surface area contributed by atoms with Gasteiger partial charge < -0.3 is 19.3 Å². The molecule has 0 unspecified atom stereocenters. The van der Waals surface area contributed by atoms with Crippen molar-refractivity contribution in [1.29, 1.82) is 0 Å². The molecule has 1 atom stereocenters. The number of esters is 2. The van der Waals surface area contributed by atoms with Gasteiger partial charge in [-0.3, -0.25) is 14.1 Å². The van der Waals surface area contributed by atoms with E-state index in [1.54, 1.807) is 0 Å². The number of allylic oxidation sites excluding steroid dienone is 4. The van der Waals surface area contributed by atoms with E-state index in [0.29, 0.717) is 6.42 Å². The van der Waals surface area contributed by atoms with Crippen LogP contribution in [0.25, 0.3) is 0 Å². The van der Waals surface area contributed by atoms with Crippen LogP contribution >= 0.6 is 7.82 Å². The predicted octanol–water partition coefficient (Wildman–Crippen LogP) is 12.0. The molecule has 0 fully saturated rings. The molecule has 0 aliphatic heterocycles. The zero-order valence-corrected chi connectivity index (χ0v) is 32.5. The Bertz CT molecular complexity index is 853. The molecule has 0 rings (SSSR count). The summed E-state index contributed by atoms with van der Waals surface area (Å²) in [6.45, 7) is 3.66. The molecule has 0 heterocycles. The summed E-state index contributed by atoms with van der Waals surface area (Å²) < 4.78 is 26.3. The molecule has 0 aromatic heterocycles. The van der Waals surface area contributed by atoms with Crippen LogP contribution in [-0.4, -0.2) is 41.0 Å². The van der Waals surface area contributed by atoms with Crippen LogP contribution in [0.4, 0.5) is 0 Å². The molecule has 49 heavy (non-hydrogen) atoms. The lowest BCUT2D eigenvalue weighted by Crippen LogP contribution is -2.29. The molecule has 8 nitrogen and oxygen atoms in total. The molecule has 0 spiro atoms. The summed E-state index contributed by atoms with van der Waals surface area (Å²) in [5.74, 6) is -0.895. The number of phosphoric acid groups is 1. The minimum atomic E-state index is -4.75. The van der Waals surface area contributed by atoms with Crippen LogP contribution < -0.4 is 0 Å². The minimum Gasteiger partial charge on any atom is -0.462 e. The van der Waals surface area contributed by atoms with E-state index in [1.165, 1.54) is 103 Å². The Kier molecular flexibility index (Phi) is 35.2. The topological polar surface area (TPSA) is 119 Å². The second-order valence-corrected chi connectivity index (χ2v) is 14.8. The van der Waals surface area contributed by atoms with Crippen LogP contribution in [0.15, 0.2) is 24.3 Å². The fourth-order valence-electron chi connectivity index (χ4n) is 5.66. The van der Waals surface area contributed by atoms with Crippen molar-refractivity contribution < 1.29 is 37.9 Å². The Morgan fingerprint density at radius 1 is 0.510 bits per heavy atom. The van der Waals surface area contributed by atoms with E-state index in [2.05, 4.69) is 42.7 Å². The van der Waals surface area contributed by atoms with Gasteiger partial charge in [0, 0.05) is 12.8 Å². The predicted molar refractivity (Wildman–Crippen MR) is 202 cm³/mol. The summed E-state index contributed by atoms with van der Waals surface area (Å²) in [5, 5.41) is 0. The average Bonchev–Trinajstić information content (AvgIpc) is 3.07. The van der Waals surface area contributed by atoms with E-state index in [0.717, 1.165) is 64.2 Å². The van der Waals surface area contributed by atoms with Crippen molar-refractivity contribution >= 4 is 19.8 Å². The molecular formula is C40H75O8P. The van der Waals surface area contributed by atoms with Gasteiger partial charge in [0.25, 0.3) is 0 Å². The average molecular weight is 715 g/mol. The van der Waals surface area contributed by atoms with Crippen LogP contribution in [0.3, 0.4) is 0 Å². The lowest BCUT2D eigenvalue weighted by Gasteiger charge is -2.18. The van der Waals surface area contributed by atoms with Crippen molar-refractivity contribution in [3.63, 3.8) is 0 Å². The Labute approximate surface area is 300 Å². The number of hydrogen-bond donors (Lipinski definition) is 2. The number of rotatable bonds is 37. The molecule has 0 saturated carbocycles. The lowest BCUT2D eigenvalue weighted by atomic mass is 10.1. The lowest BCUT2D eigenvalue weighted by molar-refractivity contribution is -0.161. The summed E-state index contributed by atoms with van der Waals surface area (Å²) in [6.07, 6.45) is 40.4. The van der Waals surface area contributed by atoms with Gasteiger partial charge in [-0.15, -0.1) is 0 Å². The summed E-state index contributed by atoms with van der Waals surface area (Å²) in [6, 6.07) is 0. The fourth-order valence-corrected chi connectivity index (χ4v) is 6.02. The zero-order valence-electron chi connectivity index (χ0n) is 31.6. The number of unbranched alkanes of at least 4 members (excludes halogenated alkanes) is 23. The van der Waals surface area contributed by atoms with Crippen molar-refractivity contribution in [2.75, 3.05) is 13.2 Å². The normalized spacial score (nSPS) is 12.7. The van der Waals surface area contributed by atoms with Gasteiger partial charge >= 0.3 is 19.8 Å². The number of phosphoric ester groups is 1. The largest absolute Gasteiger partial charge is 0.469 e. The van der Waals surface area contributed by atoms with Crippen LogP contribution in [-0.2, 0) is 28.2 Å². The van der Waals surface area contributed by atoms with Gasteiger partial charge in [-0.1, -0.05) is 147 Å². The monoisotopic (exact) mass is 715 g/mol. The molecular weight excluding hydrogens is 639 g/mol. The highest BCUT2D eigenvalue weighted by molar-refractivity contribution is 7.46. The van der Waals surface area contributed by atoms with E-state index in [1.807, 2.05) is 0 Å². The Hall–Kier alpha value is -1.47. The molecule has 0 bridgehead atoms. The van der Waals surface area contributed by atoms with Gasteiger partial charge in [0.15, 0.2) is 6.10 Å². The first-order chi connectivity index (χ1) is 23.8. The van der Waals surface area contributed by atoms with E-state index >= 15 is 0 Å². The van der Waals surface area contributed by atoms with Crippen LogP contribution in [0.2, 0.25) is 0 Å². The molecule has 288 valence electrons. The van der Waals surface area contributed by atoms with Crippen molar-refractivity contribution in [3.8, 4) is 0 Å². The first kappa shape index (κ1) is 47.5. The smallest absolute Gasteiger partial charge is 0.462 e. The minimum absolute atomic E-state index is 0.203. The number of ether oxygens (including phenoxy) is 2. The molecule has 0 aromatic rings. The van der Waals surface area contributed by atoms with E-state index in [4.69, 9.17) is 19.3 Å². The van der Waals surface area contributed by atoms with Crippen molar-refractivity contribution in [2.24, 2.45) is 0 Å². The third kappa shape index (κ3) is 39.2. The molecule has 0 aliphatic rings. The van der Waals surface area contributed by atoms with Gasteiger partial charge in [-0.25, -0.2) is 4.57 Å². The van der Waals surface area contributed by atoms with Gasteiger partial charge in [-0.05, 0) is 64.2 Å². The SMILES string of the molecule is CCCCCCC/C=C/CCCCCCCC(=O)O[C@H](COC(=O)CCCCCCCCC/C=C/CCCCCCCC)COP(=O)(O)O. The third-order valence-corrected chi connectivity index (χ3v) is 9.18. The van der Waals surface area contributed by atoms with Gasteiger partial charge in [0.1, 0.15) is 6.61 Å². The van der Waals surface area contributed by atoms with E-state index < -0.39 is 32.5 Å². The van der Waals surface area contributed by atoms with Gasteiger partial charge in [0.05, 0.1) is 6.61 Å². The van der Waals surface area contributed by atoms with Gasteiger partial charge in [0.2, 0.25) is 0 Å². The number of carbonyl (C=O) groups is 2. The second-order valence-electron chi connectivity index (χ2n) is 13.6. The maximum absolute atomic E-state index is 12.4. The van der Waals surface area contributed by atoms with Gasteiger partial charge in [-0.2, -0.15) is 0 Å². The first-order valence-electron chi connectivity index (χ1n) is 20.1. The maximum Gasteiger partial charge on any atom is 0.469 e. The molecule has 2 N–H and O–H groups in total. The van der Waals surface area contributed by atoms with Crippen molar-refractivity contribution in [1.82, 2.24) is 0 Å². The number of carbonyl (C=O) groups excluding carboxylic acids is 2. The van der Waals surface area contributed by atoms with E-state index in [-0.39, 0.29) is 19.4 Å². The highest BCUT2D eigenvalue weighted by atomic mass is 31.2. The maximum atomic E-state index is 12.4. The van der Waals surface area contributed by atoms with Crippen molar-refractivity contribution in [3.05, 3.63) is 24.3 Å². The van der Waals surface area contributed by atoms with Crippen LogP contribution in [0.1, 0.15) is 200 Å². The molecule has 9 heteroatoms. The van der Waals surface area contributed by atoms with E-state index in [9.17, 15) is 14.2 Å². The molecule has 0 amide bonds. The summed E-state index contributed by atoms with van der Waals surface area (Å²) in [4.78, 5) is 42.8. The highest BCUT2D eigenvalue weighted by Gasteiger charge is 2.22. The second kappa shape index (κ2) is 36.3. The third-order valence-electron chi connectivity index (χ3n) is 8.69. The Morgan fingerprint density at radius 2 is 0.857 bits per heavy atom. The zero-order chi connectivity index (χ0) is 36.1. The standard InChI is InChI=1S/C40H75O8P/c1-3-5-7-9-11-13-15-17-19-20-21-23-24-26-28-30-32-34-39(41)46-36-38(37-47-49(43,44)45)48-40(42)35-33-31-29-27-25-22-18-16-14-12-10-8-6-4-2/h16-19,38H,3-15,20-37H2,1-2H3,(H2,43,44,45)/b18-16+,19-17+/t38-/m1/s1. The molecule has 0 aromatic carbocycles. The Balaban J connectivity index is 3.93. The quantitative estimate of drug-likeness (QED) is 0.0282. The first-order valence-corrected chi connectivity index (χ1v) is 21.7. The summed E-state index contributed by atoms with van der Waals surface area (Å²) in [5.41, 5.74) is 0. The Morgan fingerprint density at radius 3 is 1.24 bits per heavy atom. The summed E-state index contributed by atoms with van der Waals surface area (Å²) in [7, 11) is -4.75. The molecule has 0 aliphatic carbocycles. The van der Waals surface area contributed by atoms with Crippen LogP contribution in [0, 0.1) is 0 Å². The van der Waals surface area contributed by atoms with Crippen LogP contribution in [0.5, 0.6) is 0 Å². The van der Waals surface area contributed by atoms with Crippen molar-refractivity contribution in [2.45, 2.75) is 206 Å². The summed E-state index contributed by atoms with van der Waals surface area (Å²) >= 11 is 0. The molecule has 0 radical (unpaired) electrons.